The van der Waals surface area contributed by atoms with Crippen molar-refractivity contribution in [3.05, 3.63) is 35.9 Å². The van der Waals surface area contributed by atoms with Crippen LogP contribution >= 0.6 is 0 Å². The van der Waals surface area contributed by atoms with Gasteiger partial charge in [-0.3, -0.25) is 9.69 Å². The Morgan fingerprint density at radius 1 is 1.10 bits per heavy atom. The third-order valence-electron chi connectivity index (χ3n) is 7.04. The van der Waals surface area contributed by atoms with E-state index in [0.717, 1.165) is 25.7 Å². The van der Waals surface area contributed by atoms with Crippen molar-refractivity contribution in [3.8, 4) is 0 Å². The fourth-order valence-corrected chi connectivity index (χ4v) is 5.15. The Labute approximate surface area is 173 Å². The number of benzene rings is 1. The standard InChI is InChI=1S/C22H32N4O3/c1-24(2)22(18-6-4-3-5-7-18)10-8-21(9-11-22)17-26(20(28)23-21)16-19(27)25-12-14-29-15-13-25/h3-7H,8-17H2,1-2H3,(H,23,28)/t21-,22-. The maximum absolute atomic E-state index is 12.6. The number of urea groups is 1. The number of morpholine rings is 1. The number of hydrogen-bond donors (Lipinski definition) is 1. The van der Waals surface area contributed by atoms with Gasteiger partial charge in [0.05, 0.1) is 18.8 Å². The summed E-state index contributed by atoms with van der Waals surface area (Å²) in [5.74, 6) is 0.0169. The first-order valence-electron chi connectivity index (χ1n) is 10.6. The van der Waals surface area contributed by atoms with Crippen LogP contribution in [0, 0.1) is 0 Å². The third kappa shape index (κ3) is 3.85. The number of rotatable bonds is 4. The topological polar surface area (TPSA) is 65.1 Å². The number of hydrogen-bond acceptors (Lipinski definition) is 4. The number of carbonyl (C=O) groups is 2. The van der Waals surface area contributed by atoms with Gasteiger partial charge in [-0.2, -0.15) is 0 Å². The van der Waals surface area contributed by atoms with Crippen LogP contribution < -0.4 is 5.32 Å². The van der Waals surface area contributed by atoms with Crippen LogP contribution in [0.15, 0.2) is 30.3 Å². The quantitative estimate of drug-likeness (QED) is 0.835. The molecule has 7 nitrogen and oxygen atoms in total. The van der Waals surface area contributed by atoms with Crippen LogP contribution in [0.2, 0.25) is 0 Å². The highest BCUT2D eigenvalue weighted by Gasteiger charge is 2.50. The number of nitrogens with zero attached hydrogens (tertiary/aromatic N) is 3. The molecule has 0 unspecified atom stereocenters. The lowest BCUT2D eigenvalue weighted by Crippen LogP contribution is -2.54. The third-order valence-corrected chi connectivity index (χ3v) is 7.04. The van der Waals surface area contributed by atoms with Gasteiger partial charge in [-0.25, -0.2) is 4.79 Å². The minimum Gasteiger partial charge on any atom is -0.378 e. The second kappa shape index (κ2) is 7.95. The second-order valence-electron chi connectivity index (χ2n) is 8.85. The molecule has 2 heterocycles. The van der Waals surface area contributed by atoms with Crippen LogP contribution in [0.25, 0.3) is 0 Å². The normalized spacial score (nSPS) is 30.1. The fourth-order valence-electron chi connectivity index (χ4n) is 5.15. The lowest BCUT2D eigenvalue weighted by molar-refractivity contribution is -0.135. The van der Waals surface area contributed by atoms with Crippen molar-refractivity contribution >= 4 is 11.9 Å². The number of carbonyl (C=O) groups excluding carboxylic acids is 2. The van der Waals surface area contributed by atoms with Crippen molar-refractivity contribution in [3.63, 3.8) is 0 Å². The van der Waals surface area contributed by atoms with Gasteiger partial charge in [-0.15, -0.1) is 0 Å². The van der Waals surface area contributed by atoms with E-state index in [1.54, 1.807) is 9.80 Å². The van der Waals surface area contributed by atoms with Crippen LogP contribution in [0.1, 0.15) is 31.2 Å². The van der Waals surface area contributed by atoms with Crippen LogP contribution in [0.3, 0.4) is 0 Å². The van der Waals surface area contributed by atoms with Gasteiger partial charge in [0.1, 0.15) is 6.54 Å². The van der Waals surface area contributed by atoms with E-state index in [0.29, 0.717) is 32.8 Å². The van der Waals surface area contributed by atoms with Gasteiger partial charge in [0.2, 0.25) is 5.91 Å². The Morgan fingerprint density at radius 3 is 2.38 bits per heavy atom. The van der Waals surface area contributed by atoms with Crippen LogP contribution in [-0.2, 0) is 15.1 Å². The summed E-state index contributed by atoms with van der Waals surface area (Å²) in [5.41, 5.74) is 1.11. The Kier molecular flexibility index (Phi) is 5.53. The van der Waals surface area contributed by atoms with E-state index in [1.807, 2.05) is 0 Å². The summed E-state index contributed by atoms with van der Waals surface area (Å²) in [6.07, 6.45) is 3.78. The molecule has 1 aromatic rings. The summed E-state index contributed by atoms with van der Waals surface area (Å²) < 4.78 is 5.32. The fraction of sp³-hybridized carbons (Fsp3) is 0.636. The molecule has 7 heteroatoms. The molecule has 0 aromatic heterocycles. The Balaban J connectivity index is 1.42. The van der Waals surface area contributed by atoms with Crippen molar-refractivity contribution in [2.45, 2.75) is 36.8 Å². The molecule has 1 N–H and O–H groups in total. The van der Waals surface area contributed by atoms with Gasteiger partial charge in [0.15, 0.2) is 0 Å². The predicted octanol–water partition coefficient (Wildman–Crippen LogP) is 1.64. The molecule has 0 radical (unpaired) electrons. The maximum Gasteiger partial charge on any atom is 0.318 e. The molecule has 3 fully saturated rings. The first kappa shape index (κ1) is 20.2. The summed E-state index contributed by atoms with van der Waals surface area (Å²) in [7, 11) is 4.29. The van der Waals surface area contributed by atoms with Gasteiger partial charge in [0, 0.05) is 25.2 Å². The van der Waals surface area contributed by atoms with E-state index in [-0.39, 0.29) is 29.6 Å². The van der Waals surface area contributed by atoms with Gasteiger partial charge >= 0.3 is 6.03 Å². The van der Waals surface area contributed by atoms with Crippen molar-refractivity contribution in [1.29, 1.82) is 0 Å². The van der Waals surface area contributed by atoms with Crippen LogP contribution in [0.5, 0.6) is 0 Å². The summed E-state index contributed by atoms with van der Waals surface area (Å²) in [4.78, 5) is 31.1. The Hall–Kier alpha value is -2.12. The van der Waals surface area contributed by atoms with E-state index in [1.165, 1.54) is 5.56 Å². The first-order chi connectivity index (χ1) is 13.9. The van der Waals surface area contributed by atoms with E-state index >= 15 is 0 Å². The molecule has 29 heavy (non-hydrogen) atoms. The Bertz CT molecular complexity index is 738. The smallest absolute Gasteiger partial charge is 0.318 e. The highest BCUT2D eigenvalue weighted by atomic mass is 16.5. The average Bonchev–Trinajstić information content (AvgIpc) is 3.04. The maximum atomic E-state index is 12.6. The molecule has 1 aliphatic carbocycles. The highest BCUT2D eigenvalue weighted by Crippen LogP contribution is 2.45. The van der Waals surface area contributed by atoms with E-state index in [4.69, 9.17) is 4.74 Å². The molecule has 0 bridgehead atoms. The minimum atomic E-state index is -0.226. The summed E-state index contributed by atoms with van der Waals surface area (Å²) in [6.45, 7) is 3.15. The van der Waals surface area contributed by atoms with Gasteiger partial charge in [-0.1, -0.05) is 30.3 Å². The highest BCUT2D eigenvalue weighted by molar-refractivity contribution is 5.86. The summed E-state index contributed by atoms with van der Waals surface area (Å²) in [5, 5.41) is 3.23. The van der Waals surface area contributed by atoms with E-state index in [2.05, 4.69) is 54.6 Å². The molecular formula is C22H32N4O3. The van der Waals surface area contributed by atoms with Crippen LogP contribution in [0.4, 0.5) is 4.79 Å². The summed E-state index contributed by atoms with van der Waals surface area (Å²) in [6, 6.07) is 10.6. The molecule has 1 aromatic carbocycles. The zero-order valence-electron chi connectivity index (χ0n) is 17.5. The molecule has 4 rings (SSSR count). The SMILES string of the molecule is CN(C)[C@]1(c2ccccc2)CC[C@@]2(CC1)CN(CC(=O)N1CCOCC1)C(=O)N2. The zero-order chi connectivity index (χ0) is 20.5. The predicted molar refractivity (Wildman–Crippen MR) is 111 cm³/mol. The van der Waals surface area contributed by atoms with Crippen LogP contribution in [-0.4, -0.2) is 85.7 Å². The molecule has 1 saturated carbocycles. The van der Waals surface area contributed by atoms with Crippen molar-refractivity contribution in [2.75, 3.05) is 53.5 Å². The Morgan fingerprint density at radius 2 is 1.76 bits per heavy atom. The lowest BCUT2D eigenvalue weighted by Gasteiger charge is -2.48. The molecule has 1 spiro atoms. The minimum absolute atomic E-state index is 0.00568. The molecule has 0 atom stereocenters. The van der Waals surface area contributed by atoms with Crippen molar-refractivity contribution < 1.29 is 14.3 Å². The number of amides is 3. The molecule has 3 aliphatic rings. The largest absolute Gasteiger partial charge is 0.378 e. The van der Waals surface area contributed by atoms with Gasteiger partial charge in [-0.05, 0) is 45.3 Å². The average molecular weight is 401 g/mol. The van der Waals surface area contributed by atoms with Crippen molar-refractivity contribution in [2.24, 2.45) is 0 Å². The van der Waals surface area contributed by atoms with E-state index < -0.39 is 0 Å². The second-order valence-corrected chi connectivity index (χ2v) is 8.85. The molecular weight excluding hydrogens is 368 g/mol. The molecule has 2 saturated heterocycles. The number of nitrogens with one attached hydrogen (secondary N) is 1. The first-order valence-corrected chi connectivity index (χ1v) is 10.6. The molecule has 2 aliphatic heterocycles. The zero-order valence-corrected chi connectivity index (χ0v) is 17.5. The monoisotopic (exact) mass is 400 g/mol. The van der Waals surface area contributed by atoms with Gasteiger partial charge < -0.3 is 19.9 Å². The molecule has 3 amide bonds. The summed E-state index contributed by atoms with van der Waals surface area (Å²) >= 11 is 0. The van der Waals surface area contributed by atoms with Gasteiger partial charge in [0.25, 0.3) is 0 Å². The van der Waals surface area contributed by atoms with Crippen molar-refractivity contribution in [1.82, 2.24) is 20.0 Å². The van der Waals surface area contributed by atoms with E-state index in [9.17, 15) is 9.59 Å². The lowest BCUT2D eigenvalue weighted by atomic mass is 9.69. The number of ether oxygens (including phenoxy) is 1. The molecule has 158 valence electrons.